The van der Waals surface area contributed by atoms with E-state index < -0.39 is 0 Å². The van der Waals surface area contributed by atoms with Crippen molar-refractivity contribution in [3.63, 3.8) is 0 Å². The summed E-state index contributed by atoms with van der Waals surface area (Å²) >= 11 is 5.39. The van der Waals surface area contributed by atoms with Gasteiger partial charge >= 0.3 is 0 Å². The molecule has 0 unspecified atom stereocenters. The first-order chi connectivity index (χ1) is 4.20. The molecule has 0 aromatic carbocycles. The van der Waals surface area contributed by atoms with Crippen LogP contribution in [-0.2, 0) is 0 Å². The van der Waals surface area contributed by atoms with E-state index in [9.17, 15) is 4.79 Å². The SMILES string of the molecule is CC(=O)c1coc(Cl)c1. The standard InChI is InChI=1S/C6H5ClO2/c1-4(8)5-2-6(7)9-3-5/h2-3H,1H3. The summed E-state index contributed by atoms with van der Waals surface area (Å²) in [4.78, 5) is 10.5. The second kappa shape index (κ2) is 2.23. The topological polar surface area (TPSA) is 30.2 Å². The molecule has 0 spiro atoms. The van der Waals surface area contributed by atoms with Gasteiger partial charge in [-0.1, -0.05) is 0 Å². The molecule has 0 amide bonds. The van der Waals surface area contributed by atoms with Crippen LogP contribution in [0.1, 0.15) is 17.3 Å². The quantitative estimate of drug-likeness (QED) is 0.566. The van der Waals surface area contributed by atoms with Crippen LogP contribution in [0.3, 0.4) is 0 Å². The molecule has 0 saturated carbocycles. The molecule has 2 nitrogen and oxygen atoms in total. The fourth-order valence-corrected chi connectivity index (χ4v) is 0.657. The van der Waals surface area contributed by atoms with Gasteiger partial charge in [0.2, 0.25) is 0 Å². The van der Waals surface area contributed by atoms with Crippen LogP contribution in [0.2, 0.25) is 5.22 Å². The van der Waals surface area contributed by atoms with Gasteiger partial charge in [-0.2, -0.15) is 0 Å². The lowest BCUT2D eigenvalue weighted by molar-refractivity contribution is 0.101. The van der Waals surface area contributed by atoms with E-state index in [4.69, 9.17) is 11.6 Å². The molecule has 0 aliphatic rings. The van der Waals surface area contributed by atoms with E-state index in [1.807, 2.05) is 0 Å². The Morgan fingerprint density at radius 1 is 1.78 bits per heavy atom. The van der Waals surface area contributed by atoms with E-state index in [0.717, 1.165) is 0 Å². The van der Waals surface area contributed by atoms with Crippen molar-refractivity contribution in [2.24, 2.45) is 0 Å². The van der Waals surface area contributed by atoms with Gasteiger partial charge in [-0.25, -0.2) is 0 Å². The van der Waals surface area contributed by atoms with Crippen LogP contribution < -0.4 is 0 Å². The van der Waals surface area contributed by atoms with Gasteiger partial charge in [0, 0.05) is 6.07 Å². The highest BCUT2D eigenvalue weighted by atomic mass is 35.5. The Hall–Kier alpha value is -0.760. The zero-order valence-corrected chi connectivity index (χ0v) is 5.61. The third kappa shape index (κ3) is 1.33. The number of rotatable bonds is 1. The Kier molecular flexibility index (Phi) is 1.58. The Morgan fingerprint density at radius 3 is 2.67 bits per heavy atom. The predicted octanol–water partition coefficient (Wildman–Crippen LogP) is 2.14. The maximum Gasteiger partial charge on any atom is 0.193 e. The number of halogens is 1. The number of carbonyl (C=O) groups is 1. The molecular weight excluding hydrogens is 140 g/mol. The van der Waals surface area contributed by atoms with Crippen molar-refractivity contribution < 1.29 is 9.21 Å². The van der Waals surface area contributed by atoms with E-state index >= 15 is 0 Å². The van der Waals surface area contributed by atoms with Crippen LogP contribution in [0.5, 0.6) is 0 Å². The van der Waals surface area contributed by atoms with Gasteiger partial charge in [0.1, 0.15) is 6.26 Å². The third-order valence-corrected chi connectivity index (χ3v) is 1.17. The predicted molar refractivity (Wildman–Crippen MR) is 33.7 cm³/mol. The average molecular weight is 145 g/mol. The maximum atomic E-state index is 10.5. The Balaban J connectivity index is 2.98. The van der Waals surface area contributed by atoms with Gasteiger partial charge in [-0.05, 0) is 18.5 Å². The van der Waals surface area contributed by atoms with Crippen molar-refractivity contribution in [3.8, 4) is 0 Å². The van der Waals surface area contributed by atoms with E-state index in [-0.39, 0.29) is 11.0 Å². The van der Waals surface area contributed by atoms with Crippen molar-refractivity contribution >= 4 is 17.4 Å². The molecule has 48 valence electrons. The number of furan rings is 1. The van der Waals surface area contributed by atoms with Crippen LogP contribution in [0.4, 0.5) is 0 Å². The summed E-state index contributed by atoms with van der Waals surface area (Å²) in [5.74, 6) is -0.0364. The molecule has 0 saturated heterocycles. The number of carbonyl (C=O) groups excluding carboxylic acids is 1. The average Bonchev–Trinajstić information content (AvgIpc) is 2.14. The van der Waals surface area contributed by atoms with Crippen molar-refractivity contribution in [1.82, 2.24) is 0 Å². The summed E-state index contributed by atoms with van der Waals surface area (Å²) < 4.78 is 4.67. The molecule has 0 N–H and O–H groups in total. The monoisotopic (exact) mass is 144 g/mol. The molecule has 0 bridgehead atoms. The Morgan fingerprint density at radius 2 is 2.44 bits per heavy atom. The molecule has 0 aliphatic heterocycles. The van der Waals surface area contributed by atoms with Crippen LogP contribution in [-0.4, -0.2) is 5.78 Å². The molecule has 1 aromatic rings. The van der Waals surface area contributed by atoms with Crippen LogP contribution in [0, 0.1) is 0 Å². The van der Waals surface area contributed by atoms with E-state index in [1.54, 1.807) is 0 Å². The third-order valence-electron chi connectivity index (χ3n) is 0.974. The Bertz CT molecular complexity index is 227. The van der Waals surface area contributed by atoms with Gasteiger partial charge in [0.15, 0.2) is 11.0 Å². The minimum absolute atomic E-state index is 0.0364. The van der Waals surface area contributed by atoms with Gasteiger partial charge in [-0.15, -0.1) is 0 Å². The molecule has 9 heavy (non-hydrogen) atoms. The first-order valence-corrected chi connectivity index (χ1v) is 2.83. The minimum Gasteiger partial charge on any atom is -0.452 e. The summed E-state index contributed by atoms with van der Waals surface area (Å²) in [7, 11) is 0. The molecule has 0 atom stereocenters. The smallest absolute Gasteiger partial charge is 0.193 e. The fourth-order valence-electron chi connectivity index (χ4n) is 0.495. The maximum absolute atomic E-state index is 10.5. The van der Waals surface area contributed by atoms with Gasteiger partial charge in [0.25, 0.3) is 0 Å². The van der Waals surface area contributed by atoms with Crippen LogP contribution in [0.25, 0.3) is 0 Å². The van der Waals surface area contributed by atoms with Gasteiger partial charge < -0.3 is 4.42 Å². The van der Waals surface area contributed by atoms with Crippen molar-refractivity contribution in [3.05, 3.63) is 23.1 Å². The first-order valence-electron chi connectivity index (χ1n) is 2.45. The highest BCUT2D eigenvalue weighted by Crippen LogP contribution is 2.12. The summed E-state index contributed by atoms with van der Waals surface area (Å²) in [6, 6.07) is 1.49. The fraction of sp³-hybridized carbons (Fsp3) is 0.167. The second-order valence-electron chi connectivity index (χ2n) is 1.70. The molecule has 1 aromatic heterocycles. The summed E-state index contributed by atoms with van der Waals surface area (Å²) in [5.41, 5.74) is 0.514. The molecular formula is C6H5ClO2. The molecule has 0 radical (unpaired) electrons. The molecule has 0 aliphatic carbocycles. The van der Waals surface area contributed by atoms with Gasteiger partial charge in [-0.3, -0.25) is 4.79 Å². The number of hydrogen-bond acceptors (Lipinski definition) is 2. The highest BCUT2D eigenvalue weighted by molar-refractivity contribution is 6.29. The zero-order valence-electron chi connectivity index (χ0n) is 4.85. The minimum atomic E-state index is -0.0364. The molecule has 0 fully saturated rings. The van der Waals surface area contributed by atoms with Crippen molar-refractivity contribution in [2.75, 3.05) is 0 Å². The second-order valence-corrected chi connectivity index (χ2v) is 2.07. The number of hydrogen-bond donors (Lipinski definition) is 0. The normalized spacial score (nSPS) is 9.56. The molecule has 1 rings (SSSR count). The molecule has 1 heterocycles. The summed E-state index contributed by atoms with van der Waals surface area (Å²) in [6.45, 7) is 1.46. The van der Waals surface area contributed by atoms with Crippen molar-refractivity contribution in [1.29, 1.82) is 0 Å². The Labute approximate surface area is 57.4 Å². The first kappa shape index (κ1) is 6.36. The summed E-state index contributed by atoms with van der Waals surface area (Å²) in [5, 5.41) is 0.250. The van der Waals surface area contributed by atoms with Crippen LogP contribution in [0.15, 0.2) is 16.7 Å². The lowest BCUT2D eigenvalue weighted by Gasteiger charge is -1.78. The number of ketones is 1. The zero-order chi connectivity index (χ0) is 6.85. The lowest BCUT2D eigenvalue weighted by atomic mass is 10.2. The largest absolute Gasteiger partial charge is 0.452 e. The lowest BCUT2D eigenvalue weighted by Crippen LogP contribution is -1.85. The summed E-state index contributed by atoms with van der Waals surface area (Å²) in [6.07, 6.45) is 1.34. The van der Waals surface area contributed by atoms with E-state index in [0.29, 0.717) is 5.56 Å². The van der Waals surface area contributed by atoms with E-state index in [1.165, 1.54) is 19.3 Å². The highest BCUT2D eigenvalue weighted by Gasteiger charge is 2.01. The van der Waals surface area contributed by atoms with Crippen molar-refractivity contribution in [2.45, 2.75) is 6.92 Å². The van der Waals surface area contributed by atoms with Gasteiger partial charge in [0.05, 0.1) is 5.56 Å². The van der Waals surface area contributed by atoms with E-state index in [2.05, 4.69) is 4.42 Å². The molecule has 3 heteroatoms. The van der Waals surface area contributed by atoms with Crippen LogP contribution >= 0.6 is 11.6 Å². The number of Topliss-reactive ketones (excluding diaryl/α,β-unsaturated/α-hetero) is 1.